The molecule has 28 heavy (non-hydrogen) atoms. The van der Waals surface area contributed by atoms with Crippen molar-refractivity contribution >= 4 is 28.9 Å². The Morgan fingerprint density at radius 3 is 2.61 bits per heavy atom. The number of halogens is 2. The summed E-state index contributed by atoms with van der Waals surface area (Å²) in [6.07, 6.45) is 3.99. The van der Waals surface area contributed by atoms with Crippen LogP contribution in [0.5, 0.6) is 0 Å². The number of anilines is 1. The van der Waals surface area contributed by atoms with E-state index in [1.165, 1.54) is 11.1 Å². The number of hydrogen-bond acceptors (Lipinski definition) is 5. The molecule has 1 atom stereocenters. The van der Waals surface area contributed by atoms with Crippen LogP contribution in [0.3, 0.4) is 0 Å². The molecule has 3 heterocycles. The number of rotatable bonds is 4. The minimum absolute atomic E-state index is 0.219. The summed E-state index contributed by atoms with van der Waals surface area (Å²) in [4.78, 5) is 17.5. The smallest absolute Gasteiger partial charge is 0.292 e. The van der Waals surface area contributed by atoms with Crippen molar-refractivity contribution in [3.63, 3.8) is 0 Å². The highest BCUT2D eigenvalue weighted by molar-refractivity contribution is 6.33. The SMILES string of the molecule is O=c1c(Cl)c(N2CCCC(CN3CCOCC3)C2)cnn1-c1ccc(Cl)cc1. The lowest BCUT2D eigenvalue weighted by Crippen LogP contribution is -2.45. The second-order valence-electron chi connectivity index (χ2n) is 7.40. The molecule has 0 amide bonds. The highest BCUT2D eigenvalue weighted by Crippen LogP contribution is 2.28. The van der Waals surface area contributed by atoms with Crippen LogP contribution >= 0.6 is 23.2 Å². The summed E-state index contributed by atoms with van der Waals surface area (Å²) < 4.78 is 6.76. The van der Waals surface area contributed by atoms with Crippen molar-refractivity contribution in [2.75, 3.05) is 50.8 Å². The zero-order chi connectivity index (χ0) is 19.5. The van der Waals surface area contributed by atoms with Gasteiger partial charge in [-0.3, -0.25) is 9.69 Å². The lowest BCUT2D eigenvalue weighted by Gasteiger charge is -2.37. The van der Waals surface area contributed by atoms with Gasteiger partial charge in [0.25, 0.3) is 5.56 Å². The van der Waals surface area contributed by atoms with E-state index in [2.05, 4.69) is 14.9 Å². The van der Waals surface area contributed by atoms with E-state index in [9.17, 15) is 4.79 Å². The Bertz CT molecular complexity index is 865. The normalized spacial score (nSPS) is 21.1. The summed E-state index contributed by atoms with van der Waals surface area (Å²) in [5.41, 5.74) is 1.06. The molecule has 0 N–H and O–H groups in total. The molecule has 1 aromatic carbocycles. The Morgan fingerprint density at radius 2 is 1.86 bits per heavy atom. The average molecular weight is 423 g/mol. The lowest BCUT2D eigenvalue weighted by molar-refractivity contribution is 0.0296. The van der Waals surface area contributed by atoms with E-state index in [1.807, 2.05) is 0 Å². The lowest BCUT2D eigenvalue weighted by atomic mass is 9.97. The van der Waals surface area contributed by atoms with Crippen LogP contribution in [0.2, 0.25) is 10.0 Å². The number of benzene rings is 1. The first-order chi connectivity index (χ1) is 13.6. The Labute approximate surface area is 174 Å². The molecule has 2 saturated heterocycles. The number of aromatic nitrogens is 2. The Balaban J connectivity index is 1.51. The van der Waals surface area contributed by atoms with Crippen LogP contribution in [0.25, 0.3) is 5.69 Å². The molecule has 2 aromatic rings. The number of morpholine rings is 1. The van der Waals surface area contributed by atoms with Gasteiger partial charge < -0.3 is 9.64 Å². The van der Waals surface area contributed by atoms with Crippen molar-refractivity contribution in [1.29, 1.82) is 0 Å². The summed E-state index contributed by atoms with van der Waals surface area (Å²) in [5.74, 6) is 0.557. The van der Waals surface area contributed by atoms with E-state index < -0.39 is 0 Å². The van der Waals surface area contributed by atoms with Gasteiger partial charge in [-0.1, -0.05) is 23.2 Å². The number of hydrogen-bond donors (Lipinski definition) is 0. The van der Waals surface area contributed by atoms with Crippen molar-refractivity contribution in [2.24, 2.45) is 5.92 Å². The van der Waals surface area contributed by atoms with Gasteiger partial charge in [0.15, 0.2) is 0 Å². The topological polar surface area (TPSA) is 50.6 Å². The highest BCUT2D eigenvalue weighted by Gasteiger charge is 2.25. The average Bonchev–Trinajstić information content (AvgIpc) is 2.72. The van der Waals surface area contributed by atoms with Gasteiger partial charge in [0, 0.05) is 37.7 Å². The molecule has 0 bridgehead atoms. The van der Waals surface area contributed by atoms with E-state index in [-0.39, 0.29) is 10.6 Å². The minimum Gasteiger partial charge on any atom is -0.379 e. The van der Waals surface area contributed by atoms with Crippen molar-refractivity contribution in [1.82, 2.24) is 14.7 Å². The largest absolute Gasteiger partial charge is 0.379 e. The van der Waals surface area contributed by atoms with Gasteiger partial charge in [-0.15, -0.1) is 0 Å². The van der Waals surface area contributed by atoms with Gasteiger partial charge in [0.05, 0.1) is 30.8 Å². The second-order valence-corrected chi connectivity index (χ2v) is 8.22. The summed E-state index contributed by atoms with van der Waals surface area (Å²) >= 11 is 12.4. The van der Waals surface area contributed by atoms with Crippen LogP contribution in [0, 0.1) is 5.92 Å². The molecule has 4 rings (SSSR count). The highest BCUT2D eigenvalue weighted by atomic mass is 35.5. The third-order valence-electron chi connectivity index (χ3n) is 5.45. The van der Waals surface area contributed by atoms with Crippen LogP contribution < -0.4 is 10.5 Å². The van der Waals surface area contributed by atoms with Gasteiger partial charge in [-0.25, -0.2) is 0 Å². The molecule has 2 aliphatic heterocycles. The zero-order valence-electron chi connectivity index (χ0n) is 15.7. The third kappa shape index (κ3) is 4.35. The predicted octanol–water partition coefficient (Wildman–Crippen LogP) is 3.09. The van der Waals surface area contributed by atoms with Gasteiger partial charge in [0.2, 0.25) is 0 Å². The maximum absolute atomic E-state index is 12.8. The molecular weight excluding hydrogens is 399 g/mol. The maximum Gasteiger partial charge on any atom is 0.292 e. The van der Waals surface area contributed by atoms with Crippen LogP contribution in [-0.2, 0) is 4.74 Å². The molecule has 2 aliphatic rings. The van der Waals surface area contributed by atoms with Crippen molar-refractivity contribution in [3.05, 3.63) is 50.9 Å². The molecule has 8 heteroatoms. The van der Waals surface area contributed by atoms with Crippen LogP contribution in [0.1, 0.15) is 12.8 Å². The quantitative estimate of drug-likeness (QED) is 0.757. The van der Waals surface area contributed by atoms with E-state index in [0.29, 0.717) is 16.6 Å². The van der Waals surface area contributed by atoms with Gasteiger partial charge in [-0.05, 0) is 43.0 Å². The molecule has 1 aromatic heterocycles. The van der Waals surface area contributed by atoms with E-state index in [4.69, 9.17) is 27.9 Å². The Morgan fingerprint density at radius 1 is 1.11 bits per heavy atom. The molecule has 2 fully saturated rings. The van der Waals surface area contributed by atoms with Crippen molar-refractivity contribution in [2.45, 2.75) is 12.8 Å². The Hall–Kier alpha value is -1.60. The van der Waals surface area contributed by atoms with Crippen LogP contribution in [0.15, 0.2) is 35.3 Å². The first-order valence-electron chi connectivity index (χ1n) is 9.70. The van der Waals surface area contributed by atoms with Crippen LogP contribution in [0.4, 0.5) is 5.69 Å². The van der Waals surface area contributed by atoms with E-state index in [0.717, 1.165) is 58.0 Å². The summed E-state index contributed by atoms with van der Waals surface area (Å²) in [6, 6.07) is 6.97. The van der Waals surface area contributed by atoms with Gasteiger partial charge in [0.1, 0.15) is 5.02 Å². The zero-order valence-corrected chi connectivity index (χ0v) is 17.2. The number of piperidine rings is 1. The fourth-order valence-electron chi connectivity index (χ4n) is 3.99. The molecule has 0 radical (unpaired) electrons. The van der Waals surface area contributed by atoms with E-state index in [1.54, 1.807) is 30.5 Å². The molecular formula is C20H24Cl2N4O2. The number of ether oxygens (including phenoxy) is 1. The predicted molar refractivity (Wildman–Crippen MR) is 112 cm³/mol. The standard InChI is InChI=1S/C20H24Cl2N4O2/c21-16-3-5-17(6-4-16)26-20(27)19(22)18(12-23-26)25-7-1-2-15(14-25)13-24-8-10-28-11-9-24/h3-6,12,15H,1-2,7-11,13-14H2. The fourth-order valence-corrected chi connectivity index (χ4v) is 4.37. The van der Waals surface area contributed by atoms with Gasteiger partial charge in [-0.2, -0.15) is 9.78 Å². The fraction of sp³-hybridized carbons (Fsp3) is 0.500. The van der Waals surface area contributed by atoms with Gasteiger partial charge >= 0.3 is 0 Å². The van der Waals surface area contributed by atoms with E-state index >= 15 is 0 Å². The molecule has 6 nitrogen and oxygen atoms in total. The third-order valence-corrected chi connectivity index (χ3v) is 6.06. The molecule has 150 valence electrons. The summed E-state index contributed by atoms with van der Waals surface area (Å²) in [5, 5.41) is 5.19. The Kier molecular flexibility index (Phi) is 6.21. The molecule has 0 saturated carbocycles. The maximum atomic E-state index is 12.8. The first kappa shape index (κ1) is 19.7. The van der Waals surface area contributed by atoms with Crippen molar-refractivity contribution in [3.8, 4) is 5.69 Å². The van der Waals surface area contributed by atoms with Crippen LogP contribution in [-0.4, -0.2) is 60.6 Å². The number of nitrogens with zero attached hydrogens (tertiary/aromatic N) is 4. The molecule has 0 spiro atoms. The monoisotopic (exact) mass is 422 g/mol. The summed E-state index contributed by atoms with van der Waals surface area (Å²) in [6.45, 7) is 6.47. The molecule has 1 unspecified atom stereocenters. The molecule has 0 aliphatic carbocycles. The summed E-state index contributed by atoms with van der Waals surface area (Å²) in [7, 11) is 0. The van der Waals surface area contributed by atoms with Crippen molar-refractivity contribution < 1.29 is 4.74 Å². The minimum atomic E-state index is -0.309. The first-order valence-corrected chi connectivity index (χ1v) is 10.5. The second kappa shape index (κ2) is 8.82.